The van der Waals surface area contributed by atoms with Crippen molar-refractivity contribution in [3.05, 3.63) is 52.9 Å². The van der Waals surface area contributed by atoms with Crippen molar-refractivity contribution in [1.29, 1.82) is 0 Å². The van der Waals surface area contributed by atoms with Crippen LogP contribution in [0.15, 0.2) is 24.3 Å². The minimum atomic E-state index is -0.879. The van der Waals surface area contributed by atoms with E-state index in [1.54, 1.807) is 0 Å². The summed E-state index contributed by atoms with van der Waals surface area (Å²) in [7, 11) is 0. The molecule has 2 aromatic rings. The summed E-state index contributed by atoms with van der Waals surface area (Å²) in [4.78, 5) is 12.3. The Morgan fingerprint density at radius 1 is 1.10 bits per heavy atom. The average molecular weight is 289 g/mol. The zero-order chi connectivity index (χ0) is 15.4. The molecular formula is C17H17F2NO. The summed E-state index contributed by atoms with van der Waals surface area (Å²) in [5.74, 6) is -1.63. The Labute approximate surface area is 122 Å². The van der Waals surface area contributed by atoms with Gasteiger partial charge in [0.25, 0.3) is 0 Å². The van der Waals surface area contributed by atoms with Gasteiger partial charge in [-0.1, -0.05) is 13.8 Å². The Balaban J connectivity index is 2.20. The molecule has 4 heteroatoms. The first-order chi connectivity index (χ1) is 9.78. The number of ketones is 1. The van der Waals surface area contributed by atoms with Gasteiger partial charge in [0.05, 0.1) is 0 Å². The third kappa shape index (κ3) is 2.28. The molecule has 110 valence electrons. The van der Waals surface area contributed by atoms with Gasteiger partial charge in [-0.25, -0.2) is 8.78 Å². The summed E-state index contributed by atoms with van der Waals surface area (Å²) in [6, 6.07) is 5.67. The molecule has 2 nitrogen and oxygen atoms in total. The van der Waals surface area contributed by atoms with Gasteiger partial charge < -0.3 is 4.57 Å². The molecule has 0 fully saturated rings. The molecule has 0 N–H and O–H groups in total. The molecule has 0 spiro atoms. The zero-order valence-corrected chi connectivity index (χ0v) is 12.3. The first-order valence-corrected chi connectivity index (χ1v) is 6.98. The van der Waals surface area contributed by atoms with Crippen molar-refractivity contribution < 1.29 is 13.6 Å². The number of Topliss-reactive ketones (excluding diaryl/α,β-unsaturated/α-hetero) is 1. The van der Waals surface area contributed by atoms with E-state index in [-0.39, 0.29) is 11.2 Å². The minimum absolute atomic E-state index is 0.116. The molecule has 1 aromatic carbocycles. The Hall–Kier alpha value is -1.97. The SMILES string of the molecule is Cc1cc2c(n1-c1ccc(F)c(F)c1)CC(C)(C)CC2=O. The number of hydrogen-bond donors (Lipinski definition) is 0. The molecule has 0 atom stereocenters. The maximum atomic E-state index is 13.5. The number of carbonyl (C=O) groups excluding carboxylic acids is 1. The maximum absolute atomic E-state index is 13.5. The van der Waals surface area contributed by atoms with Crippen LogP contribution < -0.4 is 0 Å². The number of benzene rings is 1. The second kappa shape index (κ2) is 4.52. The van der Waals surface area contributed by atoms with Crippen LogP contribution in [-0.4, -0.2) is 10.4 Å². The van der Waals surface area contributed by atoms with Gasteiger partial charge in [0.15, 0.2) is 17.4 Å². The Bertz CT molecular complexity index is 743. The van der Waals surface area contributed by atoms with Gasteiger partial charge in [-0.2, -0.15) is 0 Å². The normalized spacial score (nSPS) is 16.9. The summed E-state index contributed by atoms with van der Waals surface area (Å²) in [5, 5.41) is 0. The van der Waals surface area contributed by atoms with Crippen LogP contribution in [0.25, 0.3) is 5.69 Å². The Kier molecular flexibility index (Phi) is 3.01. The smallest absolute Gasteiger partial charge is 0.165 e. The summed E-state index contributed by atoms with van der Waals surface area (Å²) in [5.41, 5.74) is 2.89. The monoisotopic (exact) mass is 289 g/mol. The Morgan fingerprint density at radius 3 is 2.48 bits per heavy atom. The highest BCUT2D eigenvalue weighted by Gasteiger charge is 2.34. The molecule has 0 amide bonds. The average Bonchev–Trinajstić information content (AvgIpc) is 2.68. The summed E-state index contributed by atoms with van der Waals surface area (Å²) >= 11 is 0. The summed E-state index contributed by atoms with van der Waals surface area (Å²) < 4.78 is 28.5. The predicted octanol–water partition coefficient (Wildman–Crippen LogP) is 4.22. The van der Waals surface area contributed by atoms with Gasteiger partial charge in [0.2, 0.25) is 0 Å². The molecule has 1 aliphatic carbocycles. The lowest BCUT2D eigenvalue weighted by molar-refractivity contribution is 0.0911. The van der Waals surface area contributed by atoms with E-state index in [0.29, 0.717) is 17.7 Å². The summed E-state index contributed by atoms with van der Waals surface area (Å²) in [6.45, 7) is 5.97. The van der Waals surface area contributed by atoms with Crippen LogP contribution in [-0.2, 0) is 6.42 Å². The molecule has 0 saturated carbocycles. The first-order valence-electron chi connectivity index (χ1n) is 6.98. The van der Waals surface area contributed by atoms with E-state index >= 15 is 0 Å². The van der Waals surface area contributed by atoms with Gasteiger partial charge in [-0.05, 0) is 37.0 Å². The number of carbonyl (C=O) groups is 1. The molecule has 0 aliphatic heterocycles. The lowest BCUT2D eigenvalue weighted by atomic mass is 9.76. The molecule has 3 rings (SSSR count). The molecule has 1 aromatic heterocycles. The molecule has 0 saturated heterocycles. The molecular weight excluding hydrogens is 272 g/mol. The summed E-state index contributed by atoms with van der Waals surface area (Å²) in [6.07, 6.45) is 1.25. The van der Waals surface area contributed by atoms with Gasteiger partial charge >= 0.3 is 0 Å². The highest BCUT2D eigenvalue weighted by molar-refractivity contribution is 5.99. The van der Waals surface area contributed by atoms with Crippen molar-refractivity contribution in [2.75, 3.05) is 0 Å². The lowest BCUT2D eigenvalue weighted by Crippen LogP contribution is -2.27. The number of halogens is 2. The number of rotatable bonds is 1. The molecule has 1 aliphatic rings. The van der Waals surface area contributed by atoms with Gasteiger partial charge in [0.1, 0.15) is 0 Å². The fourth-order valence-electron chi connectivity index (χ4n) is 3.14. The van der Waals surface area contributed by atoms with Crippen molar-refractivity contribution in [1.82, 2.24) is 4.57 Å². The van der Waals surface area contributed by atoms with Gasteiger partial charge in [-0.3, -0.25) is 4.79 Å². The second-order valence-electron chi connectivity index (χ2n) is 6.52. The third-order valence-electron chi connectivity index (χ3n) is 4.03. The van der Waals surface area contributed by atoms with Crippen molar-refractivity contribution in [3.8, 4) is 5.69 Å². The highest BCUT2D eigenvalue weighted by Crippen LogP contribution is 2.37. The quantitative estimate of drug-likeness (QED) is 0.770. The van der Waals surface area contributed by atoms with Crippen LogP contribution in [0.5, 0.6) is 0 Å². The van der Waals surface area contributed by atoms with Crippen LogP contribution in [0.4, 0.5) is 8.78 Å². The van der Waals surface area contributed by atoms with Gasteiger partial charge in [-0.15, -0.1) is 0 Å². The van der Waals surface area contributed by atoms with E-state index in [1.807, 2.05) is 31.4 Å². The minimum Gasteiger partial charge on any atom is -0.317 e. The largest absolute Gasteiger partial charge is 0.317 e. The number of aryl methyl sites for hydroxylation is 1. The lowest BCUT2D eigenvalue weighted by Gasteiger charge is -2.29. The maximum Gasteiger partial charge on any atom is 0.165 e. The fourth-order valence-corrected chi connectivity index (χ4v) is 3.14. The third-order valence-corrected chi connectivity index (χ3v) is 4.03. The topological polar surface area (TPSA) is 22.0 Å². The van der Waals surface area contributed by atoms with Crippen LogP contribution in [0.2, 0.25) is 0 Å². The number of fused-ring (bicyclic) bond motifs is 1. The van der Waals surface area contributed by atoms with Crippen molar-refractivity contribution in [2.45, 2.75) is 33.6 Å². The van der Waals surface area contributed by atoms with Crippen molar-refractivity contribution in [2.24, 2.45) is 5.41 Å². The Morgan fingerprint density at radius 2 is 1.81 bits per heavy atom. The van der Waals surface area contributed by atoms with E-state index < -0.39 is 11.6 Å². The van der Waals surface area contributed by atoms with Crippen molar-refractivity contribution in [3.63, 3.8) is 0 Å². The number of nitrogens with zero attached hydrogens (tertiary/aromatic N) is 1. The van der Waals surface area contributed by atoms with Crippen LogP contribution in [0.1, 0.15) is 42.0 Å². The molecule has 0 unspecified atom stereocenters. The zero-order valence-electron chi connectivity index (χ0n) is 12.3. The molecule has 1 heterocycles. The standard InChI is InChI=1S/C17H17F2NO/c1-10-6-12-15(8-17(2,3)9-16(12)21)20(10)11-4-5-13(18)14(19)7-11/h4-7H,8-9H2,1-3H3. The van der Waals surface area contributed by atoms with Crippen LogP contribution >= 0.6 is 0 Å². The van der Waals surface area contributed by atoms with Crippen LogP contribution in [0.3, 0.4) is 0 Å². The molecule has 0 radical (unpaired) electrons. The fraction of sp³-hybridized carbons (Fsp3) is 0.353. The number of hydrogen-bond acceptors (Lipinski definition) is 1. The van der Waals surface area contributed by atoms with E-state index in [1.165, 1.54) is 12.1 Å². The molecule has 0 bridgehead atoms. The second-order valence-corrected chi connectivity index (χ2v) is 6.52. The van der Waals surface area contributed by atoms with Crippen molar-refractivity contribution >= 4 is 5.78 Å². The predicted molar refractivity (Wildman–Crippen MR) is 76.9 cm³/mol. The van der Waals surface area contributed by atoms with Gasteiger partial charge in [0, 0.05) is 35.1 Å². The van der Waals surface area contributed by atoms with E-state index in [4.69, 9.17) is 0 Å². The molecule has 21 heavy (non-hydrogen) atoms. The highest BCUT2D eigenvalue weighted by atomic mass is 19.2. The van der Waals surface area contributed by atoms with E-state index in [9.17, 15) is 13.6 Å². The van der Waals surface area contributed by atoms with Crippen LogP contribution in [0, 0.1) is 24.0 Å². The number of aromatic nitrogens is 1. The first kappa shape index (κ1) is 14.0. The van der Waals surface area contributed by atoms with E-state index in [2.05, 4.69) is 0 Å². The van der Waals surface area contributed by atoms with E-state index in [0.717, 1.165) is 23.9 Å².